The lowest BCUT2D eigenvalue weighted by molar-refractivity contribution is -0.135. The molecule has 0 aromatic heterocycles. The van der Waals surface area contributed by atoms with Crippen LogP contribution in [-0.4, -0.2) is 42.9 Å². The van der Waals surface area contributed by atoms with E-state index in [9.17, 15) is 9.59 Å². The minimum absolute atomic E-state index is 0.0212. The maximum Gasteiger partial charge on any atom is 0.407 e. The first-order valence-electron chi connectivity index (χ1n) is 9.64. The first kappa shape index (κ1) is 19.9. The van der Waals surface area contributed by atoms with Gasteiger partial charge < -0.3 is 20.5 Å². The lowest BCUT2D eigenvalue weighted by atomic mass is 9.98. The molecule has 0 bridgehead atoms. The predicted octanol–water partition coefficient (Wildman–Crippen LogP) is 3.37. The molecule has 6 heteroatoms. The zero-order valence-corrected chi connectivity index (χ0v) is 16.0. The minimum Gasteiger partial charge on any atom is -0.480 e. The molecule has 1 aliphatic rings. The van der Waals surface area contributed by atoms with Crippen LogP contribution in [0.15, 0.2) is 48.5 Å². The van der Waals surface area contributed by atoms with Gasteiger partial charge in [-0.25, -0.2) is 4.79 Å². The van der Waals surface area contributed by atoms with E-state index in [1.807, 2.05) is 31.2 Å². The van der Waals surface area contributed by atoms with E-state index in [0.717, 1.165) is 12.8 Å². The van der Waals surface area contributed by atoms with Gasteiger partial charge in [0.2, 0.25) is 0 Å². The Hall–Kier alpha value is -2.86. The van der Waals surface area contributed by atoms with Crippen molar-refractivity contribution in [3.8, 4) is 11.1 Å². The van der Waals surface area contributed by atoms with Crippen molar-refractivity contribution in [2.45, 2.75) is 31.7 Å². The zero-order valence-electron chi connectivity index (χ0n) is 16.0. The van der Waals surface area contributed by atoms with Gasteiger partial charge in [-0.1, -0.05) is 61.9 Å². The van der Waals surface area contributed by atoms with Crippen molar-refractivity contribution in [2.75, 3.05) is 19.7 Å². The van der Waals surface area contributed by atoms with Gasteiger partial charge in [-0.15, -0.1) is 0 Å². The summed E-state index contributed by atoms with van der Waals surface area (Å²) in [5.41, 5.74) is 4.72. The number of fused-ring (bicyclic) bond motifs is 3. The highest BCUT2D eigenvalue weighted by molar-refractivity contribution is 5.79. The van der Waals surface area contributed by atoms with Crippen LogP contribution in [0.1, 0.15) is 36.8 Å². The first-order chi connectivity index (χ1) is 13.6. The van der Waals surface area contributed by atoms with Gasteiger partial charge in [0.25, 0.3) is 0 Å². The van der Waals surface area contributed by atoms with E-state index in [1.54, 1.807) is 0 Å². The number of hydrogen-bond donors (Lipinski definition) is 3. The van der Waals surface area contributed by atoms with E-state index in [0.29, 0.717) is 6.54 Å². The summed E-state index contributed by atoms with van der Waals surface area (Å²) < 4.78 is 5.55. The van der Waals surface area contributed by atoms with Gasteiger partial charge in [-0.2, -0.15) is 0 Å². The number of benzene rings is 2. The first-order valence-corrected chi connectivity index (χ1v) is 9.64. The second-order valence-corrected chi connectivity index (χ2v) is 6.98. The van der Waals surface area contributed by atoms with Gasteiger partial charge in [0, 0.05) is 18.5 Å². The predicted molar refractivity (Wildman–Crippen MR) is 107 cm³/mol. The molecule has 6 nitrogen and oxygen atoms in total. The van der Waals surface area contributed by atoms with Crippen LogP contribution >= 0.6 is 0 Å². The van der Waals surface area contributed by atoms with Crippen molar-refractivity contribution in [3.63, 3.8) is 0 Å². The van der Waals surface area contributed by atoms with Crippen molar-refractivity contribution in [2.24, 2.45) is 0 Å². The Morgan fingerprint density at radius 3 is 2.25 bits per heavy atom. The molecular weight excluding hydrogens is 356 g/mol. The molecule has 0 saturated carbocycles. The number of alkyl carbamates (subject to hydrolysis) is 1. The van der Waals surface area contributed by atoms with Gasteiger partial charge in [0.1, 0.15) is 6.61 Å². The van der Waals surface area contributed by atoms with Crippen LogP contribution in [0, 0.1) is 0 Å². The lowest BCUT2D eigenvalue weighted by Crippen LogP contribution is -2.43. The molecule has 3 N–H and O–H groups in total. The van der Waals surface area contributed by atoms with Crippen LogP contribution < -0.4 is 10.6 Å². The second-order valence-electron chi connectivity index (χ2n) is 6.98. The van der Waals surface area contributed by atoms with Gasteiger partial charge >= 0.3 is 12.1 Å². The molecule has 0 saturated heterocycles. The highest BCUT2D eigenvalue weighted by Gasteiger charge is 2.29. The van der Waals surface area contributed by atoms with Gasteiger partial charge in [-0.3, -0.25) is 4.79 Å². The molecule has 0 fully saturated rings. The Bertz CT molecular complexity index is 791. The summed E-state index contributed by atoms with van der Waals surface area (Å²) in [6, 6.07) is 16.2. The molecule has 148 valence electrons. The summed E-state index contributed by atoms with van der Waals surface area (Å²) in [7, 11) is 0. The van der Waals surface area contributed by atoms with Crippen LogP contribution in [0.2, 0.25) is 0 Å². The van der Waals surface area contributed by atoms with Crippen LogP contribution in [0.3, 0.4) is 0 Å². The largest absolute Gasteiger partial charge is 0.480 e. The second kappa shape index (κ2) is 9.37. The van der Waals surface area contributed by atoms with E-state index in [4.69, 9.17) is 9.84 Å². The fraction of sp³-hybridized carbons (Fsp3) is 0.364. The fourth-order valence-corrected chi connectivity index (χ4v) is 3.73. The molecule has 1 atom stereocenters. The molecule has 0 spiro atoms. The Morgan fingerprint density at radius 1 is 1.07 bits per heavy atom. The molecule has 0 heterocycles. The number of carboxylic acids is 1. The maximum atomic E-state index is 12.3. The molecule has 0 aliphatic heterocycles. The number of carbonyl (C=O) groups is 2. The van der Waals surface area contributed by atoms with Crippen LogP contribution in [0.25, 0.3) is 11.1 Å². The van der Waals surface area contributed by atoms with Crippen LogP contribution in [0.4, 0.5) is 4.79 Å². The topological polar surface area (TPSA) is 87.7 Å². The Labute approximate surface area is 164 Å². The number of rotatable bonds is 9. The van der Waals surface area contributed by atoms with Gasteiger partial charge in [0.15, 0.2) is 0 Å². The highest BCUT2D eigenvalue weighted by Crippen LogP contribution is 2.44. The van der Waals surface area contributed by atoms with Crippen molar-refractivity contribution < 1.29 is 19.4 Å². The van der Waals surface area contributed by atoms with Crippen molar-refractivity contribution >= 4 is 12.1 Å². The fourth-order valence-electron chi connectivity index (χ4n) is 3.73. The normalized spacial score (nSPS) is 13.5. The average molecular weight is 382 g/mol. The highest BCUT2D eigenvalue weighted by atomic mass is 16.5. The molecule has 28 heavy (non-hydrogen) atoms. The van der Waals surface area contributed by atoms with E-state index in [1.165, 1.54) is 22.3 Å². The number of amides is 1. The maximum absolute atomic E-state index is 12.3. The van der Waals surface area contributed by atoms with Crippen molar-refractivity contribution in [3.05, 3.63) is 59.7 Å². The van der Waals surface area contributed by atoms with Crippen LogP contribution in [-0.2, 0) is 9.53 Å². The monoisotopic (exact) mass is 382 g/mol. The van der Waals surface area contributed by atoms with E-state index < -0.39 is 12.1 Å². The number of aliphatic carboxylic acids is 1. The third-order valence-corrected chi connectivity index (χ3v) is 4.97. The number of nitrogens with one attached hydrogen (secondary N) is 2. The third-order valence-electron chi connectivity index (χ3n) is 4.97. The Morgan fingerprint density at radius 2 is 1.68 bits per heavy atom. The summed E-state index contributed by atoms with van der Waals surface area (Å²) in [6.07, 6.45) is 1.15. The molecule has 2 aromatic carbocycles. The summed E-state index contributed by atoms with van der Waals surface area (Å²) in [4.78, 5) is 23.0. The van der Waals surface area contributed by atoms with Gasteiger partial charge in [-0.05, 0) is 28.7 Å². The van der Waals surface area contributed by atoms with E-state index in [-0.39, 0.29) is 25.1 Å². The smallest absolute Gasteiger partial charge is 0.407 e. The quantitative estimate of drug-likeness (QED) is 0.619. The van der Waals surface area contributed by atoms with Crippen molar-refractivity contribution in [1.29, 1.82) is 0 Å². The van der Waals surface area contributed by atoms with E-state index >= 15 is 0 Å². The molecule has 1 aliphatic carbocycles. The Balaban J connectivity index is 1.60. The van der Waals surface area contributed by atoms with E-state index in [2.05, 4.69) is 34.9 Å². The molecular formula is C22H26N2O4. The number of carbonyl (C=O) groups excluding carboxylic acids is 1. The summed E-state index contributed by atoms with van der Waals surface area (Å²) in [5, 5.41) is 14.4. The Kier molecular flexibility index (Phi) is 6.66. The number of hydrogen-bond acceptors (Lipinski definition) is 4. The molecule has 1 amide bonds. The molecule has 2 aromatic rings. The molecule has 0 radical (unpaired) electrons. The van der Waals surface area contributed by atoms with Crippen molar-refractivity contribution in [1.82, 2.24) is 10.6 Å². The standard InChI is InChI=1S/C22H26N2O4/c1-2-7-15(12-23-13-21(25)26)24-22(27)28-14-20-18-10-5-3-8-16(18)17-9-4-6-11-19(17)20/h3-6,8-11,15,20,23H,2,7,12-14H2,1H3,(H,24,27)(H,25,26). The lowest BCUT2D eigenvalue weighted by Gasteiger charge is -2.20. The number of carboxylic acid groups (broad SMARTS) is 1. The molecule has 3 rings (SSSR count). The average Bonchev–Trinajstić information content (AvgIpc) is 3.00. The summed E-state index contributed by atoms with van der Waals surface area (Å²) in [6.45, 7) is 2.54. The number of ether oxygens (including phenoxy) is 1. The molecule has 1 unspecified atom stereocenters. The third kappa shape index (κ3) is 4.70. The summed E-state index contributed by atoms with van der Waals surface area (Å²) in [5.74, 6) is -0.899. The SMILES string of the molecule is CCCC(CNCC(=O)O)NC(=O)OCC1c2ccccc2-c2ccccc21. The summed E-state index contributed by atoms with van der Waals surface area (Å²) >= 11 is 0. The van der Waals surface area contributed by atoms with Gasteiger partial charge in [0.05, 0.1) is 6.54 Å². The minimum atomic E-state index is -0.920. The zero-order chi connectivity index (χ0) is 19.9. The van der Waals surface area contributed by atoms with Crippen LogP contribution in [0.5, 0.6) is 0 Å².